The number of halogens is 2. The number of likely N-dealkylation sites (tertiary alicyclic amines) is 1. The van der Waals surface area contributed by atoms with Gasteiger partial charge in [0, 0.05) is 25.9 Å². The van der Waals surface area contributed by atoms with Gasteiger partial charge >= 0.3 is 0 Å². The summed E-state index contributed by atoms with van der Waals surface area (Å²) >= 11 is 0. The number of unbranched alkanes of at least 4 members (excludes halogenated alkanes) is 1. The van der Waals surface area contributed by atoms with Gasteiger partial charge in [0.1, 0.15) is 0 Å². The van der Waals surface area contributed by atoms with Gasteiger partial charge in [-0.3, -0.25) is 0 Å². The van der Waals surface area contributed by atoms with Crippen molar-refractivity contribution in [3.63, 3.8) is 0 Å². The minimum absolute atomic E-state index is 0.0407. The molecule has 14 heavy (non-hydrogen) atoms. The van der Waals surface area contributed by atoms with Crippen molar-refractivity contribution in [1.29, 1.82) is 0 Å². The topological polar surface area (TPSA) is 15.3 Å². The highest BCUT2D eigenvalue weighted by atomic mass is 19.3. The van der Waals surface area contributed by atoms with E-state index < -0.39 is 5.92 Å². The van der Waals surface area contributed by atoms with Gasteiger partial charge < -0.3 is 10.2 Å². The third kappa shape index (κ3) is 4.33. The Balaban J connectivity index is 2.04. The zero-order chi connectivity index (χ0) is 10.4. The van der Waals surface area contributed by atoms with Crippen LogP contribution in [0.5, 0.6) is 0 Å². The molecule has 1 N–H and O–H groups in total. The molecule has 0 aromatic carbocycles. The van der Waals surface area contributed by atoms with Crippen molar-refractivity contribution >= 4 is 0 Å². The molecule has 2 nitrogen and oxygen atoms in total. The van der Waals surface area contributed by atoms with Gasteiger partial charge in [-0.1, -0.05) is 0 Å². The van der Waals surface area contributed by atoms with Crippen molar-refractivity contribution in [2.24, 2.45) is 0 Å². The van der Waals surface area contributed by atoms with E-state index in [4.69, 9.17) is 0 Å². The maximum atomic E-state index is 12.8. The molecule has 1 saturated heterocycles. The number of hydrogen-bond acceptors (Lipinski definition) is 2. The van der Waals surface area contributed by atoms with Crippen molar-refractivity contribution in [1.82, 2.24) is 10.2 Å². The number of piperidine rings is 1. The quantitative estimate of drug-likeness (QED) is 0.689. The molecule has 0 spiro atoms. The van der Waals surface area contributed by atoms with Crippen molar-refractivity contribution in [3.8, 4) is 0 Å². The Bertz CT molecular complexity index is 152. The lowest BCUT2D eigenvalue weighted by molar-refractivity contribution is -0.0551. The van der Waals surface area contributed by atoms with Crippen LogP contribution in [-0.4, -0.2) is 44.0 Å². The zero-order valence-electron chi connectivity index (χ0n) is 8.86. The van der Waals surface area contributed by atoms with Gasteiger partial charge in [-0.2, -0.15) is 0 Å². The summed E-state index contributed by atoms with van der Waals surface area (Å²) in [6, 6.07) is 0. The normalized spacial score (nSPS) is 22.5. The first-order valence-electron chi connectivity index (χ1n) is 5.39. The van der Waals surface area contributed by atoms with Crippen LogP contribution in [0.25, 0.3) is 0 Å². The summed E-state index contributed by atoms with van der Waals surface area (Å²) in [6.07, 6.45) is 2.31. The summed E-state index contributed by atoms with van der Waals surface area (Å²) in [5, 5.41) is 3.08. The lowest BCUT2D eigenvalue weighted by Crippen LogP contribution is -2.39. The lowest BCUT2D eigenvalue weighted by Gasteiger charge is -2.31. The molecule has 0 aromatic heterocycles. The molecular formula is C10H20F2N2. The lowest BCUT2D eigenvalue weighted by atomic mass is 10.1. The Labute approximate surface area is 84.7 Å². The molecule has 0 atom stereocenters. The highest BCUT2D eigenvalue weighted by Gasteiger charge is 2.33. The third-order valence-corrected chi connectivity index (χ3v) is 2.74. The largest absolute Gasteiger partial charge is 0.320 e. The molecule has 0 aliphatic carbocycles. The molecule has 1 fully saturated rings. The van der Waals surface area contributed by atoms with Crippen molar-refractivity contribution in [2.45, 2.75) is 31.6 Å². The summed E-state index contributed by atoms with van der Waals surface area (Å²) in [4.78, 5) is 2.15. The van der Waals surface area contributed by atoms with Crippen LogP contribution in [0.1, 0.15) is 25.7 Å². The molecule has 0 aromatic rings. The fourth-order valence-corrected chi connectivity index (χ4v) is 1.74. The predicted molar refractivity (Wildman–Crippen MR) is 53.8 cm³/mol. The fraction of sp³-hybridized carbons (Fsp3) is 1.00. The fourth-order valence-electron chi connectivity index (χ4n) is 1.74. The minimum atomic E-state index is -2.40. The van der Waals surface area contributed by atoms with Gasteiger partial charge in [0.25, 0.3) is 5.92 Å². The smallest absolute Gasteiger partial charge is 0.250 e. The average molecular weight is 206 g/mol. The number of hydrogen-bond donors (Lipinski definition) is 1. The van der Waals surface area contributed by atoms with Crippen LogP contribution in [0.15, 0.2) is 0 Å². The Hall–Kier alpha value is -0.220. The number of nitrogens with one attached hydrogen (secondary N) is 1. The molecule has 0 radical (unpaired) electrons. The van der Waals surface area contributed by atoms with E-state index in [0.29, 0.717) is 13.1 Å². The molecule has 0 unspecified atom stereocenters. The van der Waals surface area contributed by atoms with E-state index in [9.17, 15) is 8.78 Å². The highest BCUT2D eigenvalue weighted by molar-refractivity contribution is 4.77. The second kappa shape index (κ2) is 5.61. The predicted octanol–water partition coefficient (Wildman–Crippen LogP) is 1.72. The van der Waals surface area contributed by atoms with Crippen molar-refractivity contribution in [2.75, 3.05) is 33.2 Å². The molecule has 1 heterocycles. The van der Waals surface area contributed by atoms with E-state index in [1.54, 1.807) is 0 Å². The van der Waals surface area contributed by atoms with Crippen molar-refractivity contribution < 1.29 is 8.78 Å². The molecular weight excluding hydrogens is 186 g/mol. The molecule has 84 valence electrons. The maximum absolute atomic E-state index is 12.8. The number of nitrogens with zero attached hydrogens (tertiary/aromatic N) is 1. The average Bonchev–Trinajstić information content (AvgIpc) is 2.15. The van der Waals surface area contributed by atoms with Crippen LogP contribution < -0.4 is 5.32 Å². The van der Waals surface area contributed by atoms with Crippen molar-refractivity contribution in [3.05, 3.63) is 0 Å². The van der Waals surface area contributed by atoms with E-state index in [1.165, 1.54) is 0 Å². The number of rotatable bonds is 5. The summed E-state index contributed by atoms with van der Waals surface area (Å²) < 4.78 is 25.6. The van der Waals surface area contributed by atoms with Gasteiger partial charge in [-0.25, -0.2) is 8.78 Å². The van der Waals surface area contributed by atoms with Gasteiger partial charge in [0.15, 0.2) is 0 Å². The number of alkyl halides is 2. The Morgan fingerprint density at radius 1 is 1.21 bits per heavy atom. The summed E-state index contributed by atoms with van der Waals surface area (Å²) in [5.74, 6) is -2.40. The molecule has 1 aliphatic heterocycles. The third-order valence-electron chi connectivity index (χ3n) is 2.74. The second-order valence-corrected chi connectivity index (χ2v) is 4.01. The molecule has 0 saturated carbocycles. The Morgan fingerprint density at radius 3 is 2.43 bits per heavy atom. The first-order valence-corrected chi connectivity index (χ1v) is 5.39. The standard InChI is InChI=1S/C10H20F2N2/c1-13-6-2-3-7-14-8-4-10(11,12)5-9-14/h13H,2-9H2,1H3. The Kier molecular flexibility index (Phi) is 4.75. The first kappa shape index (κ1) is 11.9. The van der Waals surface area contributed by atoms with E-state index in [0.717, 1.165) is 25.9 Å². The van der Waals surface area contributed by atoms with Gasteiger partial charge in [-0.05, 0) is 33.0 Å². The van der Waals surface area contributed by atoms with E-state index in [-0.39, 0.29) is 12.8 Å². The molecule has 0 amide bonds. The van der Waals surface area contributed by atoms with Crippen LogP contribution >= 0.6 is 0 Å². The molecule has 4 heteroatoms. The van der Waals surface area contributed by atoms with E-state index in [2.05, 4.69) is 10.2 Å². The van der Waals surface area contributed by atoms with Crippen LogP contribution in [0.4, 0.5) is 8.78 Å². The van der Waals surface area contributed by atoms with E-state index >= 15 is 0 Å². The zero-order valence-corrected chi connectivity index (χ0v) is 8.86. The van der Waals surface area contributed by atoms with Crippen LogP contribution in [-0.2, 0) is 0 Å². The monoisotopic (exact) mass is 206 g/mol. The SMILES string of the molecule is CNCCCCN1CCC(F)(F)CC1. The molecule has 0 bridgehead atoms. The van der Waals surface area contributed by atoms with Crippen LogP contribution in [0.3, 0.4) is 0 Å². The van der Waals surface area contributed by atoms with E-state index in [1.807, 2.05) is 7.05 Å². The van der Waals surface area contributed by atoms with Gasteiger partial charge in [0.2, 0.25) is 0 Å². The first-order chi connectivity index (χ1) is 6.64. The minimum Gasteiger partial charge on any atom is -0.320 e. The summed E-state index contributed by atoms with van der Waals surface area (Å²) in [5.41, 5.74) is 0. The summed E-state index contributed by atoms with van der Waals surface area (Å²) in [7, 11) is 1.93. The van der Waals surface area contributed by atoms with Crippen LogP contribution in [0.2, 0.25) is 0 Å². The highest BCUT2D eigenvalue weighted by Crippen LogP contribution is 2.27. The van der Waals surface area contributed by atoms with Gasteiger partial charge in [-0.15, -0.1) is 0 Å². The second-order valence-electron chi connectivity index (χ2n) is 4.01. The Morgan fingerprint density at radius 2 is 1.86 bits per heavy atom. The van der Waals surface area contributed by atoms with Crippen LogP contribution in [0, 0.1) is 0 Å². The van der Waals surface area contributed by atoms with Gasteiger partial charge in [0.05, 0.1) is 0 Å². The maximum Gasteiger partial charge on any atom is 0.250 e. The summed E-state index contributed by atoms with van der Waals surface area (Å²) in [6.45, 7) is 3.11. The molecule has 1 aliphatic rings. The molecule has 1 rings (SSSR count).